The first-order valence-corrected chi connectivity index (χ1v) is 12.9. The van der Waals surface area contributed by atoms with Crippen LogP contribution in [0, 0.1) is 5.82 Å². The third-order valence-corrected chi connectivity index (χ3v) is 6.54. The van der Waals surface area contributed by atoms with Crippen LogP contribution in [0.15, 0.2) is 42.6 Å². The Kier molecular flexibility index (Phi) is 7.52. The Balaban J connectivity index is 1.51. The minimum Gasteiger partial charge on any atom is -0.495 e. The molecule has 1 aliphatic rings. The monoisotopic (exact) mass is 546 g/mol. The van der Waals surface area contributed by atoms with Crippen LogP contribution in [0.2, 0.25) is 0 Å². The SMILES string of the molecule is CCNC(=O)c1c(F)cccc1Nc1nc(Nc2cc3c(cc2OC)CCN3C(=O)CN(C)C)nc2[nH]ccc12. The highest BCUT2D eigenvalue weighted by atomic mass is 19.1. The molecule has 0 radical (unpaired) electrons. The van der Waals surface area contributed by atoms with E-state index in [4.69, 9.17) is 4.74 Å². The Bertz CT molecular complexity index is 1590. The summed E-state index contributed by atoms with van der Waals surface area (Å²) in [5.74, 6) is 0.00744. The third-order valence-electron chi connectivity index (χ3n) is 6.54. The molecule has 0 spiro atoms. The minimum absolute atomic E-state index is 0.00779. The zero-order valence-corrected chi connectivity index (χ0v) is 22.8. The van der Waals surface area contributed by atoms with E-state index in [1.807, 2.05) is 31.1 Å². The Morgan fingerprint density at radius 3 is 2.73 bits per heavy atom. The van der Waals surface area contributed by atoms with Crippen LogP contribution in [0.3, 0.4) is 0 Å². The molecule has 0 saturated heterocycles. The maximum Gasteiger partial charge on any atom is 0.256 e. The number of benzene rings is 2. The highest BCUT2D eigenvalue weighted by Crippen LogP contribution is 2.39. The van der Waals surface area contributed by atoms with Crippen LogP contribution >= 0.6 is 0 Å². The number of aromatic nitrogens is 3. The molecule has 5 rings (SSSR count). The molecule has 4 aromatic rings. The van der Waals surface area contributed by atoms with Gasteiger partial charge in [0.25, 0.3) is 5.91 Å². The molecule has 1 aliphatic heterocycles. The van der Waals surface area contributed by atoms with Crippen molar-refractivity contribution in [1.82, 2.24) is 25.2 Å². The average molecular weight is 547 g/mol. The summed E-state index contributed by atoms with van der Waals surface area (Å²) in [6, 6.07) is 9.94. The number of nitrogens with zero attached hydrogens (tertiary/aromatic N) is 4. The number of hydrogen-bond acceptors (Lipinski definition) is 8. The summed E-state index contributed by atoms with van der Waals surface area (Å²) in [5, 5.41) is 9.64. The summed E-state index contributed by atoms with van der Waals surface area (Å²) in [6.45, 7) is 3.02. The van der Waals surface area contributed by atoms with Gasteiger partial charge in [-0.05, 0) is 63.3 Å². The number of fused-ring (bicyclic) bond motifs is 2. The van der Waals surface area contributed by atoms with Gasteiger partial charge in [0.05, 0.1) is 36.0 Å². The number of methoxy groups -OCH3 is 1. The zero-order chi connectivity index (χ0) is 28.4. The Morgan fingerprint density at radius 2 is 1.98 bits per heavy atom. The first-order chi connectivity index (χ1) is 19.3. The number of likely N-dealkylation sites (N-methyl/N-ethyl adjacent to an activating group) is 1. The number of amides is 2. The summed E-state index contributed by atoms with van der Waals surface area (Å²) in [4.78, 5) is 41.4. The summed E-state index contributed by atoms with van der Waals surface area (Å²) >= 11 is 0. The average Bonchev–Trinajstić information content (AvgIpc) is 3.55. The van der Waals surface area contributed by atoms with E-state index in [-0.39, 0.29) is 23.1 Å². The van der Waals surface area contributed by atoms with Crippen molar-refractivity contribution in [3.05, 3.63) is 59.5 Å². The number of hydrogen-bond donors (Lipinski definition) is 4. The van der Waals surface area contributed by atoms with Crippen LogP contribution in [-0.4, -0.2) is 72.5 Å². The van der Waals surface area contributed by atoms with E-state index in [0.717, 1.165) is 17.7 Å². The van der Waals surface area contributed by atoms with E-state index >= 15 is 0 Å². The van der Waals surface area contributed by atoms with Gasteiger partial charge in [0.1, 0.15) is 23.0 Å². The van der Waals surface area contributed by atoms with Gasteiger partial charge in [-0.2, -0.15) is 9.97 Å². The number of halogens is 1. The van der Waals surface area contributed by atoms with Gasteiger partial charge in [0.15, 0.2) is 0 Å². The lowest BCUT2D eigenvalue weighted by molar-refractivity contribution is -0.119. The van der Waals surface area contributed by atoms with Crippen molar-refractivity contribution >= 4 is 51.7 Å². The first-order valence-electron chi connectivity index (χ1n) is 12.9. The lowest BCUT2D eigenvalue weighted by Gasteiger charge is -2.21. The van der Waals surface area contributed by atoms with Crippen LogP contribution in [-0.2, 0) is 11.2 Å². The van der Waals surface area contributed by atoms with Gasteiger partial charge >= 0.3 is 0 Å². The fourth-order valence-electron chi connectivity index (χ4n) is 4.74. The van der Waals surface area contributed by atoms with Gasteiger partial charge < -0.3 is 35.5 Å². The van der Waals surface area contributed by atoms with Crippen LogP contribution in [0.4, 0.5) is 33.2 Å². The Hall–Kier alpha value is -4.71. The number of carbonyl (C=O) groups is 2. The van der Waals surface area contributed by atoms with Gasteiger partial charge in [-0.25, -0.2) is 4.39 Å². The quantitative estimate of drug-likeness (QED) is 0.250. The number of rotatable bonds is 9. The second-order valence-corrected chi connectivity index (χ2v) is 9.62. The molecule has 4 N–H and O–H groups in total. The molecule has 0 aliphatic carbocycles. The lowest BCUT2D eigenvalue weighted by Crippen LogP contribution is -2.36. The molecule has 3 heterocycles. The predicted molar refractivity (Wildman–Crippen MR) is 152 cm³/mol. The van der Waals surface area contributed by atoms with Gasteiger partial charge in [-0.1, -0.05) is 6.07 Å². The van der Waals surface area contributed by atoms with Crippen molar-refractivity contribution in [3.8, 4) is 5.75 Å². The van der Waals surface area contributed by atoms with Gasteiger partial charge in [-0.3, -0.25) is 9.59 Å². The van der Waals surface area contributed by atoms with Crippen LogP contribution in [0.25, 0.3) is 11.0 Å². The van der Waals surface area contributed by atoms with Crippen LogP contribution in [0.5, 0.6) is 5.75 Å². The van der Waals surface area contributed by atoms with E-state index in [1.165, 1.54) is 12.1 Å². The zero-order valence-electron chi connectivity index (χ0n) is 22.8. The molecule has 0 atom stereocenters. The normalized spacial score (nSPS) is 12.5. The molecular weight excluding hydrogens is 515 g/mol. The highest BCUT2D eigenvalue weighted by Gasteiger charge is 2.27. The maximum atomic E-state index is 14.7. The van der Waals surface area contributed by atoms with Crippen LogP contribution in [0.1, 0.15) is 22.8 Å². The molecule has 0 bridgehead atoms. The Labute approximate surface area is 230 Å². The molecule has 2 amide bonds. The van der Waals surface area contributed by atoms with E-state index in [2.05, 4.69) is 30.9 Å². The predicted octanol–water partition coefficient (Wildman–Crippen LogP) is 3.79. The third kappa shape index (κ3) is 5.25. The molecule has 0 unspecified atom stereocenters. The summed E-state index contributed by atoms with van der Waals surface area (Å²) in [6.07, 6.45) is 2.44. The highest BCUT2D eigenvalue weighted by molar-refractivity contribution is 6.02. The van der Waals surface area contributed by atoms with Crippen molar-refractivity contribution in [2.45, 2.75) is 13.3 Å². The number of ether oxygens (including phenoxy) is 1. The Morgan fingerprint density at radius 1 is 1.15 bits per heavy atom. The second kappa shape index (κ2) is 11.2. The molecule has 40 heavy (non-hydrogen) atoms. The van der Waals surface area contributed by atoms with E-state index in [9.17, 15) is 14.0 Å². The largest absolute Gasteiger partial charge is 0.495 e. The van der Waals surface area contributed by atoms with Crippen molar-refractivity contribution < 1.29 is 18.7 Å². The van der Waals surface area contributed by atoms with Gasteiger partial charge in [0.2, 0.25) is 11.9 Å². The first kappa shape index (κ1) is 26.9. The molecule has 2 aromatic heterocycles. The fourth-order valence-corrected chi connectivity index (χ4v) is 4.74. The number of anilines is 5. The topological polar surface area (TPSA) is 128 Å². The number of carbonyl (C=O) groups excluding carboxylic acids is 2. The van der Waals surface area contributed by atoms with E-state index < -0.39 is 11.7 Å². The van der Waals surface area contributed by atoms with E-state index in [0.29, 0.717) is 47.9 Å². The molecular formula is C28H31FN8O3. The second-order valence-electron chi connectivity index (χ2n) is 9.62. The van der Waals surface area contributed by atoms with Gasteiger partial charge in [-0.15, -0.1) is 0 Å². The summed E-state index contributed by atoms with van der Waals surface area (Å²) in [5.41, 5.74) is 3.09. The van der Waals surface area contributed by atoms with Crippen molar-refractivity contribution in [2.24, 2.45) is 0 Å². The number of nitrogens with one attached hydrogen (secondary N) is 4. The van der Waals surface area contributed by atoms with Crippen molar-refractivity contribution in [1.29, 1.82) is 0 Å². The van der Waals surface area contributed by atoms with Crippen molar-refractivity contribution in [3.63, 3.8) is 0 Å². The summed E-state index contributed by atoms with van der Waals surface area (Å²) in [7, 11) is 5.29. The smallest absolute Gasteiger partial charge is 0.256 e. The van der Waals surface area contributed by atoms with E-state index in [1.54, 1.807) is 37.3 Å². The lowest BCUT2D eigenvalue weighted by atomic mass is 10.1. The summed E-state index contributed by atoms with van der Waals surface area (Å²) < 4.78 is 20.3. The van der Waals surface area contributed by atoms with Crippen LogP contribution < -0.4 is 25.6 Å². The molecule has 0 saturated carbocycles. The standard InChI is InChI=1S/C28H31FN8O3/c1-5-30-27(39)24-18(29)7-6-8-19(24)32-26-17-9-11-31-25(17)34-28(35-26)33-20-14-21-16(13-22(20)40-4)10-12-37(21)23(38)15-36(2)3/h6-9,11,13-14H,5,10,12,15H2,1-4H3,(H,30,39)(H3,31,32,33,34,35). The molecule has 0 fully saturated rings. The number of H-pyrrole nitrogens is 1. The number of aromatic amines is 1. The molecule has 208 valence electrons. The van der Waals surface area contributed by atoms with Crippen molar-refractivity contribution in [2.75, 3.05) is 56.4 Å². The minimum atomic E-state index is -0.648. The van der Waals surface area contributed by atoms with Gasteiger partial charge in [0, 0.05) is 25.0 Å². The molecule has 2 aromatic carbocycles. The molecule has 12 heteroatoms. The maximum absolute atomic E-state index is 14.7. The fraction of sp³-hybridized carbons (Fsp3) is 0.286. The molecule has 11 nitrogen and oxygen atoms in total.